The van der Waals surface area contributed by atoms with Crippen LogP contribution >= 0.6 is 0 Å². The van der Waals surface area contributed by atoms with Crippen LogP contribution in [0.3, 0.4) is 0 Å². The van der Waals surface area contributed by atoms with Gasteiger partial charge in [-0.25, -0.2) is 0 Å². The van der Waals surface area contributed by atoms with Gasteiger partial charge < -0.3 is 10.1 Å². The van der Waals surface area contributed by atoms with Crippen molar-refractivity contribution in [3.05, 3.63) is 0 Å². The molecule has 0 amide bonds. The molecule has 0 aromatic carbocycles. The van der Waals surface area contributed by atoms with Gasteiger partial charge in [0.1, 0.15) is 0 Å². The normalized spacial score (nSPS) is 33.9. The van der Waals surface area contributed by atoms with Crippen LogP contribution in [0, 0.1) is 5.92 Å². The Bertz CT molecular complexity index is 230. The van der Waals surface area contributed by atoms with Gasteiger partial charge in [0.2, 0.25) is 0 Å². The zero-order valence-corrected chi connectivity index (χ0v) is 11.0. The molecule has 0 aromatic rings. The van der Waals surface area contributed by atoms with E-state index >= 15 is 0 Å². The van der Waals surface area contributed by atoms with E-state index in [2.05, 4.69) is 24.1 Å². The lowest BCUT2D eigenvalue weighted by molar-refractivity contribution is 0.0412. The van der Waals surface area contributed by atoms with Crippen LogP contribution in [0.1, 0.15) is 33.1 Å². The summed E-state index contributed by atoms with van der Waals surface area (Å²) < 4.78 is 5.33. The van der Waals surface area contributed by atoms with E-state index in [1.807, 2.05) is 7.11 Å². The standard InChI is InChI=1S/C13H26N2O/c1-4-12(9-16-3)15-8-7-14-13(2,10-15)11-5-6-11/h11-12,14H,4-10H2,1-3H3. The molecule has 1 aliphatic heterocycles. The molecule has 1 heterocycles. The number of ether oxygens (including phenoxy) is 1. The maximum Gasteiger partial charge on any atom is 0.0617 e. The Hall–Kier alpha value is -0.120. The number of hydrogen-bond donors (Lipinski definition) is 1. The summed E-state index contributed by atoms with van der Waals surface area (Å²) in [7, 11) is 1.81. The van der Waals surface area contributed by atoms with Gasteiger partial charge in [-0.3, -0.25) is 4.90 Å². The first-order chi connectivity index (χ1) is 7.69. The first-order valence-electron chi connectivity index (χ1n) is 6.67. The molecule has 0 bridgehead atoms. The van der Waals surface area contributed by atoms with Crippen LogP contribution in [0.5, 0.6) is 0 Å². The quantitative estimate of drug-likeness (QED) is 0.768. The molecule has 0 spiro atoms. The second kappa shape index (κ2) is 5.03. The van der Waals surface area contributed by atoms with E-state index in [1.165, 1.54) is 32.4 Å². The molecule has 0 aromatic heterocycles. The molecule has 2 rings (SSSR count). The second-order valence-corrected chi connectivity index (χ2v) is 5.61. The molecule has 2 unspecified atom stereocenters. The fraction of sp³-hybridized carbons (Fsp3) is 1.00. The molecule has 2 fully saturated rings. The van der Waals surface area contributed by atoms with Gasteiger partial charge in [0.05, 0.1) is 6.61 Å². The lowest BCUT2D eigenvalue weighted by Gasteiger charge is -2.45. The van der Waals surface area contributed by atoms with Crippen molar-refractivity contribution >= 4 is 0 Å². The van der Waals surface area contributed by atoms with Crippen LogP contribution in [0.2, 0.25) is 0 Å². The van der Waals surface area contributed by atoms with Crippen LogP contribution in [0.15, 0.2) is 0 Å². The van der Waals surface area contributed by atoms with E-state index in [4.69, 9.17) is 4.74 Å². The lowest BCUT2D eigenvalue weighted by Crippen LogP contribution is -2.62. The van der Waals surface area contributed by atoms with Gasteiger partial charge >= 0.3 is 0 Å². The van der Waals surface area contributed by atoms with Crippen molar-refractivity contribution in [1.82, 2.24) is 10.2 Å². The Balaban J connectivity index is 1.94. The highest BCUT2D eigenvalue weighted by Gasteiger charge is 2.44. The van der Waals surface area contributed by atoms with Crippen molar-refractivity contribution in [2.45, 2.75) is 44.7 Å². The smallest absolute Gasteiger partial charge is 0.0617 e. The van der Waals surface area contributed by atoms with Crippen molar-refractivity contribution in [3.63, 3.8) is 0 Å². The predicted octanol–water partition coefficient (Wildman–Crippen LogP) is 1.49. The summed E-state index contributed by atoms with van der Waals surface area (Å²) in [6.07, 6.45) is 4.02. The number of nitrogens with zero attached hydrogens (tertiary/aromatic N) is 1. The Labute approximate surface area is 99.5 Å². The topological polar surface area (TPSA) is 24.5 Å². The van der Waals surface area contributed by atoms with Crippen molar-refractivity contribution in [1.29, 1.82) is 0 Å². The van der Waals surface area contributed by atoms with Crippen molar-refractivity contribution in [3.8, 4) is 0 Å². The van der Waals surface area contributed by atoms with E-state index in [0.29, 0.717) is 11.6 Å². The van der Waals surface area contributed by atoms with Gasteiger partial charge in [-0.1, -0.05) is 6.92 Å². The van der Waals surface area contributed by atoms with E-state index in [9.17, 15) is 0 Å². The fourth-order valence-corrected chi connectivity index (χ4v) is 3.02. The van der Waals surface area contributed by atoms with Gasteiger partial charge in [-0.15, -0.1) is 0 Å². The number of piperazine rings is 1. The predicted molar refractivity (Wildman–Crippen MR) is 66.7 cm³/mol. The molecule has 1 aliphatic carbocycles. The van der Waals surface area contributed by atoms with Crippen LogP contribution in [0.4, 0.5) is 0 Å². The summed E-state index contributed by atoms with van der Waals surface area (Å²) in [5.41, 5.74) is 0.361. The van der Waals surface area contributed by atoms with Crippen molar-refractivity contribution < 1.29 is 4.74 Å². The monoisotopic (exact) mass is 226 g/mol. The Morgan fingerprint density at radius 2 is 2.25 bits per heavy atom. The highest BCUT2D eigenvalue weighted by atomic mass is 16.5. The third-order valence-corrected chi connectivity index (χ3v) is 4.28. The molecule has 1 saturated carbocycles. The molecule has 16 heavy (non-hydrogen) atoms. The summed E-state index contributed by atoms with van der Waals surface area (Å²) in [6, 6.07) is 0.602. The summed E-state index contributed by atoms with van der Waals surface area (Å²) in [5.74, 6) is 0.912. The van der Waals surface area contributed by atoms with Gasteiger partial charge in [0.25, 0.3) is 0 Å². The van der Waals surface area contributed by atoms with Crippen LogP contribution < -0.4 is 5.32 Å². The molecule has 1 N–H and O–H groups in total. The molecule has 3 nitrogen and oxygen atoms in total. The van der Waals surface area contributed by atoms with Gasteiger partial charge in [0.15, 0.2) is 0 Å². The SMILES string of the molecule is CCC(COC)N1CCNC(C)(C2CC2)C1. The molecule has 3 heteroatoms. The zero-order valence-electron chi connectivity index (χ0n) is 11.0. The third-order valence-electron chi connectivity index (χ3n) is 4.28. The molecule has 94 valence electrons. The van der Waals surface area contributed by atoms with Crippen LogP contribution in [-0.4, -0.2) is 49.8 Å². The minimum Gasteiger partial charge on any atom is -0.383 e. The minimum atomic E-state index is 0.361. The zero-order chi connectivity index (χ0) is 11.6. The Kier molecular flexibility index (Phi) is 3.88. The molecule has 2 aliphatic rings. The van der Waals surface area contributed by atoms with E-state index in [1.54, 1.807) is 0 Å². The highest BCUT2D eigenvalue weighted by Crippen LogP contribution is 2.41. The maximum atomic E-state index is 5.33. The number of nitrogens with one attached hydrogen (secondary N) is 1. The minimum absolute atomic E-state index is 0.361. The van der Waals surface area contributed by atoms with E-state index < -0.39 is 0 Å². The number of hydrogen-bond acceptors (Lipinski definition) is 3. The van der Waals surface area contributed by atoms with Crippen molar-refractivity contribution in [2.24, 2.45) is 5.92 Å². The van der Waals surface area contributed by atoms with Crippen LogP contribution in [-0.2, 0) is 4.74 Å². The molecule has 0 radical (unpaired) electrons. The summed E-state index contributed by atoms with van der Waals surface area (Å²) in [6.45, 7) is 9.03. The number of rotatable bonds is 5. The van der Waals surface area contributed by atoms with Gasteiger partial charge in [0, 0.05) is 38.3 Å². The van der Waals surface area contributed by atoms with Crippen molar-refractivity contribution in [2.75, 3.05) is 33.4 Å². The largest absolute Gasteiger partial charge is 0.383 e. The number of methoxy groups -OCH3 is 1. The average molecular weight is 226 g/mol. The average Bonchev–Trinajstić information content (AvgIpc) is 3.10. The van der Waals surface area contributed by atoms with Crippen LogP contribution in [0.25, 0.3) is 0 Å². The second-order valence-electron chi connectivity index (χ2n) is 5.61. The lowest BCUT2D eigenvalue weighted by atomic mass is 9.92. The molecule has 1 saturated heterocycles. The molecular weight excluding hydrogens is 200 g/mol. The van der Waals surface area contributed by atoms with E-state index in [0.717, 1.165) is 19.1 Å². The third kappa shape index (κ3) is 2.58. The first-order valence-corrected chi connectivity index (χ1v) is 6.67. The molecule has 2 atom stereocenters. The first kappa shape index (κ1) is 12.3. The van der Waals surface area contributed by atoms with E-state index in [-0.39, 0.29) is 0 Å². The maximum absolute atomic E-state index is 5.33. The molecular formula is C13H26N2O. The Morgan fingerprint density at radius 3 is 2.81 bits per heavy atom. The summed E-state index contributed by atoms with van der Waals surface area (Å²) in [5, 5.41) is 3.73. The Morgan fingerprint density at radius 1 is 1.50 bits per heavy atom. The fourth-order valence-electron chi connectivity index (χ4n) is 3.02. The van der Waals surface area contributed by atoms with Gasteiger partial charge in [-0.05, 0) is 32.1 Å². The summed E-state index contributed by atoms with van der Waals surface area (Å²) in [4.78, 5) is 2.62. The van der Waals surface area contributed by atoms with Gasteiger partial charge in [-0.2, -0.15) is 0 Å². The highest BCUT2D eigenvalue weighted by molar-refractivity contribution is 5.02. The summed E-state index contributed by atoms with van der Waals surface area (Å²) >= 11 is 0.